The summed E-state index contributed by atoms with van der Waals surface area (Å²) in [6, 6.07) is 4.96. The standard InChI is InChI=1S/C41H63N7O6S/c1-11-16-33(49)44-35(27(4)5)40(53)48-21-15-19-31(48)39(52)46(9)32(24-29-17-13-12-14-18-29)37(50)43-30(23-26(2)3)38(51)47(10)36(28(6)7)41(54)45(8)25-34-42-20-22-55-34/h12-14,17-18,20,22,26-28,30-32,35-36H,11,15-16,19,21,23-25H2,1-10H3,(H,43,50)(H,44,49)/t30-,31-,32-,35-,36-/m0/s1. The van der Waals surface area contributed by atoms with Crippen molar-refractivity contribution in [2.45, 2.75) is 124 Å². The molecule has 14 heteroatoms. The normalized spacial score (nSPS) is 16.4. The van der Waals surface area contributed by atoms with Gasteiger partial charge >= 0.3 is 0 Å². The minimum absolute atomic E-state index is 0.0140. The van der Waals surface area contributed by atoms with E-state index in [-0.39, 0.29) is 47.8 Å². The van der Waals surface area contributed by atoms with Crippen molar-refractivity contribution < 1.29 is 28.8 Å². The van der Waals surface area contributed by atoms with Crippen molar-refractivity contribution in [3.05, 3.63) is 52.5 Å². The molecule has 13 nitrogen and oxygen atoms in total. The SMILES string of the molecule is CCCC(=O)N[C@H](C(=O)N1CCC[C@H]1C(=O)N(C)[C@@H](Cc1ccccc1)C(=O)N[C@@H](CC(C)C)C(=O)N(C)[C@H](C(=O)N(C)Cc1nccs1)C(C)C)C(C)C. The highest BCUT2D eigenvalue weighted by Crippen LogP contribution is 2.24. The monoisotopic (exact) mass is 781 g/mol. The highest BCUT2D eigenvalue weighted by molar-refractivity contribution is 7.09. The average molecular weight is 782 g/mol. The lowest BCUT2D eigenvalue weighted by molar-refractivity contribution is -0.150. The van der Waals surface area contributed by atoms with Crippen molar-refractivity contribution in [2.24, 2.45) is 17.8 Å². The predicted molar refractivity (Wildman–Crippen MR) is 214 cm³/mol. The number of carbonyl (C=O) groups is 6. The lowest BCUT2D eigenvalue weighted by atomic mass is 9.97. The summed E-state index contributed by atoms with van der Waals surface area (Å²) in [5.74, 6) is -2.47. The summed E-state index contributed by atoms with van der Waals surface area (Å²) in [4.78, 5) is 93.6. The van der Waals surface area contributed by atoms with Gasteiger partial charge in [0.2, 0.25) is 35.4 Å². The van der Waals surface area contributed by atoms with Crippen LogP contribution in [-0.2, 0) is 41.7 Å². The van der Waals surface area contributed by atoms with Crippen LogP contribution < -0.4 is 10.6 Å². The van der Waals surface area contributed by atoms with Crippen molar-refractivity contribution in [1.29, 1.82) is 0 Å². The van der Waals surface area contributed by atoms with Crippen molar-refractivity contribution in [3.63, 3.8) is 0 Å². The Hall–Kier alpha value is -4.33. The first-order valence-electron chi connectivity index (χ1n) is 19.6. The predicted octanol–water partition coefficient (Wildman–Crippen LogP) is 4.12. The van der Waals surface area contributed by atoms with E-state index in [1.165, 1.54) is 21.1 Å². The number of nitrogens with zero attached hydrogens (tertiary/aromatic N) is 5. The molecule has 2 aromatic rings. The van der Waals surface area contributed by atoms with Crippen LogP contribution in [0.5, 0.6) is 0 Å². The Bertz CT molecular complexity index is 1580. The molecule has 1 aromatic carbocycles. The fourth-order valence-corrected chi connectivity index (χ4v) is 7.83. The summed E-state index contributed by atoms with van der Waals surface area (Å²) in [5, 5.41) is 8.49. The van der Waals surface area contributed by atoms with Crippen LogP contribution in [0, 0.1) is 17.8 Å². The lowest BCUT2D eigenvalue weighted by Gasteiger charge is -2.37. The third-order valence-corrected chi connectivity index (χ3v) is 10.9. The maximum atomic E-state index is 14.5. The smallest absolute Gasteiger partial charge is 0.246 e. The Morgan fingerprint density at radius 2 is 1.58 bits per heavy atom. The first-order chi connectivity index (χ1) is 26.0. The van der Waals surface area contributed by atoms with Crippen molar-refractivity contribution in [3.8, 4) is 0 Å². The van der Waals surface area contributed by atoms with Crippen LogP contribution in [0.4, 0.5) is 0 Å². The number of thiazole rings is 1. The largest absolute Gasteiger partial charge is 0.344 e. The highest BCUT2D eigenvalue weighted by atomic mass is 32.1. The second-order valence-corrected chi connectivity index (χ2v) is 16.8. The van der Waals surface area contributed by atoms with Gasteiger partial charge in [-0.2, -0.15) is 0 Å². The number of nitrogens with one attached hydrogen (secondary N) is 2. The third-order valence-electron chi connectivity index (χ3n) is 10.1. The summed E-state index contributed by atoms with van der Waals surface area (Å²) in [7, 11) is 4.85. The molecule has 1 aliphatic heterocycles. The molecule has 2 N–H and O–H groups in total. The lowest BCUT2D eigenvalue weighted by Crippen LogP contribution is -2.60. The molecule has 3 rings (SSSR count). The number of carbonyl (C=O) groups excluding carboxylic acids is 6. The van der Waals surface area contributed by atoms with Crippen LogP contribution >= 0.6 is 11.3 Å². The molecule has 0 bridgehead atoms. The van der Waals surface area contributed by atoms with E-state index in [1.807, 2.05) is 84.2 Å². The molecule has 304 valence electrons. The minimum Gasteiger partial charge on any atom is -0.344 e. The maximum Gasteiger partial charge on any atom is 0.246 e. The van der Waals surface area contributed by atoms with E-state index in [0.29, 0.717) is 45.2 Å². The molecule has 2 heterocycles. The van der Waals surface area contributed by atoms with E-state index in [4.69, 9.17) is 0 Å². The summed E-state index contributed by atoms with van der Waals surface area (Å²) in [6.45, 7) is 14.0. The van der Waals surface area contributed by atoms with Crippen LogP contribution in [0.15, 0.2) is 41.9 Å². The fourth-order valence-electron chi connectivity index (χ4n) is 7.16. The Labute approximate surface area is 331 Å². The van der Waals surface area contributed by atoms with Crippen LogP contribution in [0.3, 0.4) is 0 Å². The molecule has 0 spiro atoms. The molecule has 0 aliphatic carbocycles. The van der Waals surface area contributed by atoms with E-state index < -0.39 is 42.0 Å². The average Bonchev–Trinajstić information content (AvgIpc) is 3.84. The summed E-state index contributed by atoms with van der Waals surface area (Å²) in [6.07, 6.45) is 4.13. The van der Waals surface area contributed by atoms with Crippen LogP contribution in [-0.4, -0.2) is 118 Å². The molecule has 1 fully saturated rings. The first-order valence-corrected chi connectivity index (χ1v) is 20.5. The van der Waals surface area contributed by atoms with Gasteiger partial charge in [-0.3, -0.25) is 28.8 Å². The van der Waals surface area contributed by atoms with Crippen LogP contribution in [0.25, 0.3) is 0 Å². The molecule has 1 aromatic heterocycles. The number of rotatable bonds is 19. The number of likely N-dealkylation sites (tertiary alicyclic amines) is 1. The van der Waals surface area contributed by atoms with Gasteiger partial charge in [0.1, 0.15) is 35.2 Å². The number of amides is 6. The summed E-state index contributed by atoms with van der Waals surface area (Å²) >= 11 is 1.45. The molecule has 55 heavy (non-hydrogen) atoms. The molecule has 5 atom stereocenters. The van der Waals surface area contributed by atoms with Gasteiger partial charge in [0.05, 0.1) is 6.54 Å². The van der Waals surface area contributed by atoms with Gasteiger partial charge in [-0.25, -0.2) is 4.98 Å². The Kier molecular flexibility index (Phi) is 17.3. The quantitative estimate of drug-likeness (QED) is 0.218. The zero-order valence-electron chi connectivity index (χ0n) is 34.4. The number of aromatic nitrogens is 1. The van der Waals surface area contributed by atoms with Gasteiger partial charge in [-0.1, -0.05) is 78.8 Å². The Morgan fingerprint density at radius 3 is 2.15 bits per heavy atom. The van der Waals surface area contributed by atoms with E-state index in [0.717, 1.165) is 10.6 Å². The summed E-state index contributed by atoms with van der Waals surface area (Å²) < 4.78 is 0. The molecule has 1 aliphatic rings. The molecule has 0 radical (unpaired) electrons. The topological polar surface area (TPSA) is 152 Å². The zero-order chi connectivity index (χ0) is 41.0. The van der Waals surface area contributed by atoms with Gasteiger partial charge in [-0.15, -0.1) is 11.3 Å². The van der Waals surface area contributed by atoms with E-state index in [9.17, 15) is 28.8 Å². The van der Waals surface area contributed by atoms with Gasteiger partial charge < -0.3 is 30.2 Å². The van der Waals surface area contributed by atoms with Gasteiger partial charge in [0, 0.05) is 52.1 Å². The van der Waals surface area contributed by atoms with Gasteiger partial charge in [-0.05, 0) is 49.0 Å². The highest BCUT2D eigenvalue weighted by Gasteiger charge is 2.43. The van der Waals surface area contributed by atoms with Crippen molar-refractivity contribution in [1.82, 2.24) is 35.2 Å². The fraction of sp³-hybridized carbons (Fsp3) is 0.634. The Balaban J connectivity index is 1.90. The first kappa shape index (κ1) is 45.1. The maximum absolute atomic E-state index is 14.5. The van der Waals surface area contributed by atoms with Crippen molar-refractivity contribution >= 4 is 46.8 Å². The van der Waals surface area contributed by atoms with E-state index >= 15 is 0 Å². The van der Waals surface area contributed by atoms with E-state index in [2.05, 4.69) is 15.6 Å². The number of benzene rings is 1. The number of hydrogen-bond donors (Lipinski definition) is 2. The summed E-state index contributed by atoms with van der Waals surface area (Å²) in [5.41, 5.74) is 0.817. The Morgan fingerprint density at radius 1 is 0.909 bits per heavy atom. The molecular formula is C41H63N7O6S. The second kappa shape index (κ2) is 21.1. The minimum atomic E-state index is -1.02. The van der Waals surface area contributed by atoms with Crippen LogP contribution in [0.2, 0.25) is 0 Å². The van der Waals surface area contributed by atoms with Gasteiger partial charge in [0.25, 0.3) is 0 Å². The molecule has 0 saturated carbocycles. The molecular weight excluding hydrogens is 719 g/mol. The van der Waals surface area contributed by atoms with Crippen molar-refractivity contribution in [2.75, 3.05) is 27.7 Å². The number of likely N-dealkylation sites (N-methyl/N-ethyl adjacent to an activating group) is 3. The zero-order valence-corrected chi connectivity index (χ0v) is 35.2. The van der Waals surface area contributed by atoms with Crippen LogP contribution in [0.1, 0.15) is 91.1 Å². The molecule has 1 saturated heterocycles. The molecule has 6 amide bonds. The van der Waals surface area contributed by atoms with Gasteiger partial charge in [0.15, 0.2) is 0 Å². The molecule has 0 unspecified atom stereocenters. The third kappa shape index (κ3) is 12.3. The van der Waals surface area contributed by atoms with E-state index in [1.54, 1.807) is 37.1 Å². The second-order valence-electron chi connectivity index (χ2n) is 15.8. The number of hydrogen-bond acceptors (Lipinski definition) is 8.